The predicted octanol–water partition coefficient (Wildman–Crippen LogP) is 3.28. The van der Waals surface area contributed by atoms with E-state index in [1.807, 2.05) is 0 Å². The van der Waals surface area contributed by atoms with E-state index in [2.05, 4.69) is 31.0 Å². The number of unbranched alkanes of at least 4 members (excludes halogenated alkanes) is 2. The summed E-state index contributed by atoms with van der Waals surface area (Å²) >= 11 is 0. The minimum absolute atomic E-state index is 0.711. The number of hydrogen-bond donors (Lipinski definition) is 1. The van der Waals surface area contributed by atoms with Crippen LogP contribution in [0.4, 0.5) is 0 Å². The van der Waals surface area contributed by atoms with Crippen LogP contribution in [-0.4, -0.2) is 37.1 Å². The van der Waals surface area contributed by atoms with Crippen molar-refractivity contribution in [2.24, 2.45) is 5.92 Å². The molecule has 1 heterocycles. The third-order valence-corrected chi connectivity index (χ3v) is 4.00. The fourth-order valence-electron chi connectivity index (χ4n) is 2.71. The molecule has 0 saturated carbocycles. The lowest BCUT2D eigenvalue weighted by atomic mass is 9.96. The summed E-state index contributed by atoms with van der Waals surface area (Å²) in [5, 5.41) is 3.52. The maximum atomic E-state index is 3.52. The van der Waals surface area contributed by atoms with E-state index in [0.717, 1.165) is 5.92 Å². The fourth-order valence-corrected chi connectivity index (χ4v) is 2.71. The lowest BCUT2D eigenvalue weighted by Gasteiger charge is -2.30. The van der Waals surface area contributed by atoms with Gasteiger partial charge in [0.25, 0.3) is 0 Å². The van der Waals surface area contributed by atoms with Crippen molar-refractivity contribution in [2.75, 3.05) is 26.2 Å². The van der Waals surface area contributed by atoms with Gasteiger partial charge < -0.3 is 10.2 Å². The van der Waals surface area contributed by atoms with Gasteiger partial charge >= 0.3 is 0 Å². The van der Waals surface area contributed by atoms with Gasteiger partial charge in [0.2, 0.25) is 0 Å². The molecule has 1 unspecified atom stereocenters. The minimum atomic E-state index is 0.711. The second-order valence-electron chi connectivity index (χ2n) is 5.84. The second-order valence-corrected chi connectivity index (χ2v) is 5.84. The number of hydrogen-bond acceptors (Lipinski definition) is 2. The Kier molecular flexibility index (Phi) is 7.87. The van der Waals surface area contributed by atoms with Crippen molar-refractivity contribution >= 4 is 0 Å². The van der Waals surface area contributed by atoms with Gasteiger partial charge in [0, 0.05) is 6.04 Å². The molecule has 1 fully saturated rings. The molecule has 0 spiro atoms. The average molecular weight is 240 g/mol. The summed E-state index contributed by atoms with van der Waals surface area (Å²) in [4.78, 5) is 2.67. The zero-order valence-electron chi connectivity index (χ0n) is 12.2. The zero-order valence-corrected chi connectivity index (χ0v) is 12.2. The van der Waals surface area contributed by atoms with E-state index in [1.165, 1.54) is 64.7 Å². The van der Waals surface area contributed by atoms with Gasteiger partial charge in [-0.1, -0.05) is 19.8 Å². The summed E-state index contributed by atoms with van der Waals surface area (Å²) in [6, 6.07) is 0.711. The van der Waals surface area contributed by atoms with Crippen molar-refractivity contribution in [3.8, 4) is 0 Å². The summed E-state index contributed by atoms with van der Waals surface area (Å²) in [5.41, 5.74) is 0. The first kappa shape index (κ1) is 15.0. The minimum Gasteiger partial charge on any atom is -0.316 e. The molecule has 1 aliphatic heterocycles. The molecule has 0 amide bonds. The first-order valence-electron chi connectivity index (χ1n) is 7.68. The molecule has 0 aromatic carbocycles. The summed E-state index contributed by atoms with van der Waals surface area (Å²) in [6.45, 7) is 12.0. The Morgan fingerprint density at radius 1 is 1.24 bits per heavy atom. The van der Waals surface area contributed by atoms with Crippen molar-refractivity contribution in [3.63, 3.8) is 0 Å². The number of nitrogens with zero attached hydrogens (tertiary/aromatic N) is 1. The molecule has 1 saturated heterocycles. The van der Waals surface area contributed by atoms with E-state index in [1.54, 1.807) is 0 Å². The van der Waals surface area contributed by atoms with Gasteiger partial charge in [0.1, 0.15) is 0 Å². The van der Waals surface area contributed by atoms with Gasteiger partial charge in [-0.15, -0.1) is 0 Å². The SMILES string of the molecule is CCCCCN(CCC1CCCNC1)C(C)C. The number of rotatable bonds is 8. The number of nitrogens with one attached hydrogen (secondary N) is 1. The Balaban J connectivity index is 2.18. The molecule has 2 nitrogen and oxygen atoms in total. The van der Waals surface area contributed by atoms with Crippen LogP contribution in [-0.2, 0) is 0 Å². The Hall–Kier alpha value is -0.0800. The molecular weight excluding hydrogens is 208 g/mol. The first-order valence-corrected chi connectivity index (χ1v) is 7.68. The second kappa shape index (κ2) is 8.93. The standard InChI is InChI=1S/C15H32N2/c1-4-5-6-11-17(14(2)3)12-9-15-8-7-10-16-13-15/h14-16H,4-13H2,1-3H3. The van der Waals surface area contributed by atoms with Crippen LogP contribution >= 0.6 is 0 Å². The summed E-state index contributed by atoms with van der Waals surface area (Å²) < 4.78 is 0. The van der Waals surface area contributed by atoms with Crippen molar-refractivity contribution < 1.29 is 0 Å². The van der Waals surface area contributed by atoms with Gasteiger partial charge in [-0.25, -0.2) is 0 Å². The molecule has 17 heavy (non-hydrogen) atoms. The van der Waals surface area contributed by atoms with Gasteiger partial charge in [-0.2, -0.15) is 0 Å². The third-order valence-electron chi connectivity index (χ3n) is 4.00. The van der Waals surface area contributed by atoms with Crippen LogP contribution in [0.5, 0.6) is 0 Å². The maximum Gasteiger partial charge on any atom is 0.00385 e. The van der Waals surface area contributed by atoms with Gasteiger partial charge in [-0.05, 0) is 71.6 Å². The van der Waals surface area contributed by atoms with E-state index in [9.17, 15) is 0 Å². The highest BCUT2D eigenvalue weighted by molar-refractivity contribution is 4.72. The van der Waals surface area contributed by atoms with Gasteiger partial charge in [-0.3, -0.25) is 0 Å². The maximum absolute atomic E-state index is 3.52. The molecule has 1 aliphatic rings. The molecule has 0 aromatic rings. The highest BCUT2D eigenvalue weighted by atomic mass is 15.1. The molecule has 1 atom stereocenters. The van der Waals surface area contributed by atoms with E-state index < -0.39 is 0 Å². The number of piperidine rings is 1. The van der Waals surface area contributed by atoms with Crippen LogP contribution < -0.4 is 5.32 Å². The van der Waals surface area contributed by atoms with Crippen molar-refractivity contribution in [2.45, 2.75) is 65.3 Å². The van der Waals surface area contributed by atoms with Crippen LogP contribution in [0.2, 0.25) is 0 Å². The highest BCUT2D eigenvalue weighted by Crippen LogP contribution is 2.15. The third kappa shape index (κ3) is 6.42. The molecule has 0 radical (unpaired) electrons. The highest BCUT2D eigenvalue weighted by Gasteiger charge is 2.15. The fraction of sp³-hybridized carbons (Fsp3) is 1.00. The largest absolute Gasteiger partial charge is 0.316 e. The lowest BCUT2D eigenvalue weighted by molar-refractivity contribution is 0.193. The molecular formula is C15H32N2. The first-order chi connectivity index (χ1) is 8.24. The molecule has 0 aromatic heterocycles. The van der Waals surface area contributed by atoms with Crippen LogP contribution in [0.25, 0.3) is 0 Å². The van der Waals surface area contributed by atoms with Crippen LogP contribution in [0, 0.1) is 5.92 Å². The van der Waals surface area contributed by atoms with Crippen LogP contribution in [0.3, 0.4) is 0 Å². The molecule has 2 heteroatoms. The summed E-state index contributed by atoms with van der Waals surface area (Å²) in [7, 11) is 0. The summed E-state index contributed by atoms with van der Waals surface area (Å²) in [6.07, 6.45) is 8.29. The van der Waals surface area contributed by atoms with Gasteiger partial charge in [0.05, 0.1) is 0 Å². The molecule has 1 rings (SSSR count). The topological polar surface area (TPSA) is 15.3 Å². The zero-order chi connectivity index (χ0) is 12.5. The monoisotopic (exact) mass is 240 g/mol. The van der Waals surface area contributed by atoms with E-state index >= 15 is 0 Å². The summed E-state index contributed by atoms with van der Waals surface area (Å²) in [5.74, 6) is 0.927. The quantitative estimate of drug-likeness (QED) is 0.655. The Labute approximate surface area is 108 Å². The predicted molar refractivity (Wildman–Crippen MR) is 76.4 cm³/mol. The van der Waals surface area contributed by atoms with Crippen LogP contribution in [0.15, 0.2) is 0 Å². The van der Waals surface area contributed by atoms with E-state index in [0.29, 0.717) is 6.04 Å². The van der Waals surface area contributed by atoms with E-state index in [4.69, 9.17) is 0 Å². The smallest absolute Gasteiger partial charge is 0.00385 e. The Morgan fingerprint density at radius 2 is 2.06 bits per heavy atom. The Bertz CT molecular complexity index is 174. The van der Waals surface area contributed by atoms with Crippen molar-refractivity contribution in [1.29, 1.82) is 0 Å². The molecule has 102 valence electrons. The van der Waals surface area contributed by atoms with Crippen LogP contribution in [0.1, 0.15) is 59.3 Å². The van der Waals surface area contributed by atoms with Gasteiger partial charge in [0.15, 0.2) is 0 Å². The molecule has 0 aliphatic carbocycles. The molecule has 1 N–H and O–H groups in total. The van der Waals surface area contributed by atoms with Crippen molar-refractivity contribution in [3.05, 3.63) is 0 Å². The van der Waals surface area contributed by atoms with E-state index in [-0.39, 0.29) is 0 Å². The Morgan fingerprint density at radius 3 is 2.65 bits per heavy atom. The van der Waals surface area contributed by atoms with Crippen molar-refractivity contribution in [1.82, 2.24) is 10.2 Å². The molecule has 0 bridgehead atoms. The lowest BCUT2D eigenvalue weighted by Crippen LogP contribution is -2.36. The normalized spacial score (nSPS) is 21.4. The average Bonchev–Trinajstić information content (AvgIpc) is 2.34.